The summed E-state index contributed by atoms with van der Waals surface area (Å²) in [6.07, 6.45) is 0. The van der Waals surface area contributed by atoms with Gasteiger partial charge in [0.15, 0.2) is 6.04 Å². The molecule has 2 aromatic carbocycles. The molecule has 0 bridgehead atoms. The molecule has 1 atom stereocenters. The fourth-order valence-corrected chi connectivity index (χ4v) is 2.21. The second-order valence-electron chi connectivity index (χ2n) is 4.43. The lowest BCUT2D eigenvalue weighted by Gasteiger charge is -2.28. The van der Waals surface area contributed by atoms with Crippen LogP contribution in [0.15, 0.2) is 54.6 Å². The van der Waals surface area contributed by atoms with Crippen LogP contribution in [0.1, 0.15) is 11.6 Å². The average molecular weight is 271 g/mol. The van der Waals surface area contributed by atoms with Crippen molar-refractivity contribution in [3.63, 3.8) is 0 Å². The predicted octanol–water partition coefficient (Wildman–Crippen LogP) is 2.96. The topological polar surface area (TPSA) is 49.8 Å². The standard InChI is InChI=1S/C16H17NO3/c1-17(12-8-4-3-5-9-12)15(16(18)19)13-10-6-7-11-14(13)20-2/h3-11,15H,1-2H3,(H,18,19). The van der Waals surface area contributed by atoms with Crippen LogP contribution in [0.25, 0.3) is 0 Å². The number of likely N-dealkylation sites (N-methyl/N-ethyl adjacent to an activating group) is 1. The van der Waals surface area contributed by atoms with Crippen LogP contribution >= 0.6 is 0 Å². The van der Waals surface area contributed by atoms with Crippen LogP contribution in [0.5, 0.6) is 5.75 Å². The minimum atomic E-state index is -0.916. The van der Waals surface area contributed by atoms with Crippen molar-refractivity contribution in [3.05, 3.63) is 60.2 Å². The molecule has 0 saturated heterocycles. The van der Waals surface area contributed by atoms with Gasteiger partial charge in [-0.1, -0.05) is 36.4 Å². The van der Waals surface area contributed by atoms with E-state index >= 15 is 0 Å². The third kappa shape index (κ3) is 2.74. The number of aliphatic carboxylic acids is 1. The molecule has 20 heavy (non-hydrogen) atoms. The molecule has 0 saturated carbocycles. The van der Waals surface area contributed by atoms with Crippen LogP contribution in [0.2, 0.25) is 0 Å². The van der Waals surface area contributed by atoms with E-state index in [0.29, 0.717) is 11.3 Å². The minimum absolute atomic E-state index is 0.572. The molecule has 0 radical (unpaired) electrons. The molecule has 0 heterocycles. The number of hydrogen-bond acceptors (Lipinski definition) is 3. The molecule has 0 fully saturated rings. The SMILES string of the molecule is COc1ccccc1C(C(=O)O)N(C)c1ccccc1. The number of benzene rings is 2. The monoisotopic (exact) mass is 271 g/mol. The van der Waals surface area contributed by atoms with Gasteiger partial charge >= 0.3 is 5.97 Å². The van der Waals surface area contributed by atoms with Crippen molar-refractivity contribution in [2.75, 3.05) is 19.1 Å². The summed E-state index contributed by atoms with van der Waals surface area (Å²) in [6.45, 7) is 0. The number of hydrogen-bond donors (Lipinski definition) is 1. The van der Waals surface area contributed by atoms with Gasteiger partial charge in [0, 0.05) is 18.3 Å². The van der Waals surface area contributed by atoms with Crippen LogP contribution in [-0.4, -0.2) is 25.2 Å². The van der Waals surface area contributed by atoms with E-state index in [1.54, 1.807) is 31.2 Å². The first-order valence-electron chi connectivity index (χ1n) is 6.28. The zero-order valence-corrected chi connectivity index (χ0v) is 11.5. The summed E-state index contributed by atoms with van der Waals surface area (Å²) < 4.78 is 5.27. The summed E-state index contributed by atoms with van der Waals surface area (Å²) in [4.78, 5) is 13.4. The number of ether oxygens (including phenoxy) is 1. The first-order valence-corrected chi connectivity index (χ1v) is 6.28. The van der Waals surface area contributed by atoms with Crippen molar-refractivity contribution in [3.8, 4) is 5.75 Å². The highest BCUT2D eigenvalue weighted by atomic mass is 16.5. The third-order valence-electron chi connectivity index (χ3n) is 3.22. The number of para-hydroxylation sites is 2. The molecule has 2 aromatic rings. The van der Waals surface area contributed by atoms with Crippen LogP contribution in [-0.2, 0) is 4.79 Å². The Kier molecular flexibility index (Phi) is 4.25. The molecule has 0 aromatic heterocycles. The number of carbonyl (C=O) groups is 1. The lowest BCUT2D eigenvalue weighted by atomic mass is 10.0. The summed E-state index contributed by atoms with van der Waals surface area (Å²) >= 11 is 0. The van der Waals surface area contributed by atoms with E-state index in [-0.39, 0.29) is 0 Å². The molecule has 2 rings (SSSR count). The van der Waals surface area contributed by atoms with Crippen LogP contribution < -0.4 is 9.64 Å². The normalized spacial score (nSPS) is 11.7. The van der Waals surface area contributed by atoms with Gasteiger partial charge in [-0.25, -0.2) is 4.79 Å². The number of anilines is 1. The highest BCUT2D eigenvalue weighted by Gasteiger charge is 2.27. The summed E-state index contributed by atoms with van der Waals surface area (Å²) in [6, 6.07) is 15.8. The van der Waals surface area contributed by atoms with E-state index in [2.05, 4.69) is 0 Å². The minimum Gasteiger partial charge on any atom is -0.496 e. The number of carboxylic acids is 1. The Balaban J connectivity index is 2.44. The van der Waals surface area contributed by atoms with Gasteiger partial charge in [0.05, 0.1) is 7.11 Å². The van der Waals surface area contributed by atoms with E-state index in [9.17, 15) is 9.90 Å². The van der Waals surface area contributed by atoms with Crippen molar-refractivity contribution < 1.29 is 14.6 Å². The fraction of sp³-hybridized carbons (Fsp3) is 0.188. The molecule has 4 heteroatoms. The van der Waals surface area contributed by atoms with E-state index < -0.39 is 12.0 Å². The van der Waals surface area contributed by atoms with Gasteiger partial charge in [0.2, 0.25) is 0 Å². The summed E-state index contributed by atoms with van der Waals surface area (Å²) in [5.74, 6) is -0.344. The molecule has 4 nitrogen and oxygen atoms in total. The van der Waals surface area contributed by atoms with Crippen molar-refractivity contribution >= 4 is 11.7 Å². The second kappa shape index (κ2) is 6.10. The molecule has 1 unspecified atom stereocenters. The third-order valence-corrected chi connectivity index (χ3v) is 3.22. The first-order chi connectivity index (χ1) is 9.65. The lowest BCUT2D eigenvalue weighted by Crippen LogP contribution is -2.31. The predicted molar refractivity (Wildman–Crippen MR) is 78.2 cm³/mol. The molecule has 1 N–H and O–H groups in total. The van der Waals surface area contributed by atoms with Crippen LogP contribution in [0.3, 0.4) is 0 Å². The fourth-order valence-electron chi connectivity index (χ4n) is 2.21. The van der Waals surface area contributed by atoms with Gasteiger partial charge < -0.3 is 14.7 Å². The molecule has 0 aliphatic heterocycles. The van der Waals surface area contributed by atoms with E-state index in [0.717, 1.165) is 5.69 Å². The van der Waals surface area contributed by atoms with Crippen LogP contribution in [0.4, 0.5) is 5.69 Å². The molecule has 0 aliphatic carbocycles. The quantitative estimate of drug-likeness (QED) is 0.908. The van der Waals surface area contributed by atoms with Crippen LogP contribution in [0, 0.1) is 0 Å². The largest absolute Gasteiger partial charge is 0.496 e. The Morgan fingerprint density at radius 2 is 1.70 bits per heavy atom. The Bertz CT molecular complexity index is 583. The van der Waals surface area contributed by atoms with Crippen molar-refractivity contribution in [1.82, 2.24) is 0 Å². The van der Waals surface area contributed by atoms with Crippen molar-refractivity contribution in [2.24, 2.45) is 0 Å². The van der Waals surface area contributed by atoms with Gasteiger partial charge in [-0.15, -0.1) is 0 Å². The molecule has 104 valence electrons. The zero-order valence-electron chi connectivity index (χ0n) is 11.5. The van der Waals surface area contributed by atoms with E-state index in [4.69, 9.17) is 4.74 Å². The summed E-state index contributed by atoms with van der Waals surface area (Å²) in [5.41, 5.74) is 1.47. The maximum atomic E-state index is 11.7. The van der Waals surface area contributed by atoms with Gasteiger partial charge in [-0.2, -0.15) is 0 Å². The first kappa shape index (κ1) is 13.9. The Morgan fingerprint density at radius 1 is 1.10 bits per heavy atom. The second-order valence-corrected chi connectivity index (χ2v) is 4.43. The lowest BCUT2D eigenvalue weighted by molar-refractivity contribution is -0.138. The maximum absolute atomic E-state index is 11.7. The highest BCUT2D eigenvalue weighted by Crippen LogP contribution is 2.31. The zero-order chi connectivity index (χ0) is 14.5. The number of methoxy groups -OCH3 is 1. The molecular formula is C16H17NO3. The number of carboxylic acid groups (broad SMARTS) is 1. The van der Waals surface area contributed by atoms with E-state index in [1.165, 1.54) is 0 Å². The van der Waals surface area contributed by atoms with Crippen molar-refractivity contribution in [2.45, 2.75) is 6.04 Å². The summed E-state index contributed by atoms with van der Waals surface area (Å²) in [7, 11) is 3.31. The van der Waals surface area contributed by atoms with Gasteiger partial charge in [-0.3, -0.25) is 0 Å². The van der Waals surface area contributed by atoms with E-state index in [1.807, 2.05) is 42.5 Å². The Labute approximate surface area is 118 Å². The molecule has 0 aliphatic rings. The van der Waals surface area contributed by atoms with Gasteiger partial charge in [0.1, 0.15) is 5.75 Å². The highest BCUT2D eigenvalue weighted by molar-refractivity contribution is 5.81. The average Bonchev–Trinajstić information content (AvgIpc) is 2.48. The van der Waals surface area contributed by atoms with Gasteiger partial charge in [-0.05, 0) is 18.2 Å². The molecule has 0 spiro atoms. The molecule has 0 amide bonds. The maximum Gasteiger partial charge on any atom is 0.331 e. The number of rotatable bonds is 5. The summed E-state index contributed by atoms with van der Waals surface area (Å²) in [5, 5.41) is 9.58. The molecular weight excluding hydrogens is 254 g/mol. The number of nitrogens with zero attached hydrogens (tertiary/aromatic N) is 1. The smallest absolute Gasteiger partial charge is 0.331 e. The Hall–Kier alpha value is -2.49. The van der Waals surface area contributed by atoms with Crippen molar-refractivity contribution in [1.29, 1.82) is 0 Å². The Morgan fingerprint density at radius 3 is 2.30 bits per heavy atom. The van der Waals surface area contributed by atoms with Gasteiger partial charge in [0.25, 0.3) is 0 Å².